The van der Waals surface area contributed by atoms with E-state index < -0.39 is 0 Å². The van der Waals surface area contributed by atoms with Crippen LogP contribution in [0.1, 0.15) is 5.82 Å². The number of aryl methyl sites for hydroxylation is 1. The van der Waals surface area contributed by atoms with Crippen molar-refractivity contribution in [2.45, 2.75) is 6.42 Å². The lowest BCUT2D eigenvalue weighted by atomic mass is 10.3. The van der Waals surface area contributed by atoms with Gasteiger partial charge in [-0.25, -0.2) is 9.66 Å². The molecule has 0 aliphatic carbocycles. The monoisotopic (exact) mass is 253 g/mol. The molecule has 0 bridgehead atoms. The number of halogens is 1. The van der Waals surface area contributed by atoms with E-state index in [0.29, 0.717) is 5.88 Å². The number of hydrogen-bond acceptors (Lipinski definition) is 3. The average Bonchev–Trinajstić information content (AvgIpc) is 2.67. The van der Waals surface area contributed by atoms with Crippen LogP contribution in [0.3, 0.4) is 0 Å². The number of methoxy groups -OCH3 is 1. The summed E-state index contributed by atoms with van der Waals surface area (Å²) in [6.07, 6.45) is 0.734. The number of para-hydroxylation sites is 1. The van der Waals surface area contributed by atoms with Crippen LogP contribution in [0.2, 0.25) is 0 Å². The molecule has 5 heteroatoms. The summed E-state index contributed by atoms with van der Waals surface area (Å²) in [5.74, 6) is 2.29. The number of imidazole rings is 1. The molecular weight excluding hydrogens is 238 g/mol. The standard InChI is InChI=1S/C12H16ClN3O/c1-15(2)16-9-5-4-6-10(17-3)12(9)14-11(16)7-8-13/h4-6H,7-8H2,1-3H3. The van der Waals surface area contributed by atoms with Gasteiger partial charge in [-0.3, -0.25) is 0 Å². The van der Waals surface area contributed by atoms with Crippen molar-refractivity contribution in [3.8, 4) is 5.75 Å². The van der Waals surface area contributed by atoms with Gasteiger partial charge in [-0.15, -0.1) is 11.6 Å². The summed E-state index contributed by atoms with van der Waals surface area (Å²) in [6.45, 7) is 0. The molecule has 0 saturated carbocycles. The molecule has 0 aliphatic heterocycles. The first-order chi connectivity index (χ1) is 8.19. The molecule has 0 fully saturated rings. The SMILES string of the molecule is COc1cccc2c1nc(CCCl)n2N(C)C. The van der Waals surface area contributed by atoms with E-state index in [2.05, 4.69) is 9.66 Å². The number of ether oxygens (including phenoxy) is 1. The Labute approximate surface area is 106 Å². The molecule has 0 N–H and O–H groups in total. The number of aromatic nitrogens is 2. The van der Waals surface area contributed by atoms with Crippen molar-refractivity contribution in [1.29, 1.82) is 0 Å². The van der Waals surface area contributed by atoms with Gasteiger partial charge in [0.2, 0.25) is 0 Å². The van der Waals surface area contributed by atoms with Gasteiger partial charge in [0.15, 0.2) is 0 Å². The minimum Gasteiger partial charge on any atom is -0.494 e. The normalized spacial score (nSPS) is 10.8. The maximum Gasteiger partial charge on any atom is 0.146 e. The lowest BCUT2D eigenvalue weighted by Crippen LogP contribution is -2.26. The summed E-state index contributed by atoms with van der Waals surface area (Å²) >= 11 is 5.81. The second-order valence-corrected chi connectivity index (χ2v) is 4.33. The number of rotatable bonds is 4. The van der Waals surface area contributed by atoms with Crippen molar-refractivity contribution in [2.24, 2.45) is 0 Å². The third kappa shape index (κ3) is 2.05. The van der Waals surface area contributed by atoms with Crippen LogP contribution in [0.5, 0.6) is 5.75 Å². The first-order valence-corrected chi connectivity index (χ1v) is 6.00. The zero-order valence-electron chi connectivity index (χ0n) is 10.3. The smallest absolute Gasteiger partial charge is 0.146 e. The fourth-order valence-corrected chi connectivity index (χ4v) is 2.14. The molecule has 0 aliphatic rings. The highest BCUT2D eigenvalue weighted by atomic mass is 35.5. The van der Waals surface area contributed by atoms with Gasteiger partial charge in [0.05, 0.1) is 12.6 Å². The Hall–Kier alpha value is -1.42. The molecule has 4 nitrogen and oxygen atoms in total. The van der Waals surface area contributed by atoms with Crippen LogP contribution < -0.4 is 9.75 Å². The Kier molecular flexibility index (Phi) is 3.43. The van der Waals surface area contributed by atoms with Crippen LogP contribution in [0, 0.1) is 0 Å². The summed E-state index contributed by atoms with van der Waals surface area (Å²) in [5.41, 5.74) is 1.92. The van der Waals surface area contributed by atoms with Gasteiger partial charge in [-0.1, -0.05) is 6.07 Å². The lowest BCUT2D eigenvalue weighted by Gasteiger charge is -2.17. The van der Waals surface area contributed by atoms with Gasteiger partial charge >= 0.3 is 0 Å². The maximum absolute atomic E-state index is 5.81. The van der Waals surface area contributed by atoms with Crippen molar-refractivity contribution >= 4 is 22.6 Å². The van der Waals surface area contributed by atoms with Crippen molar-refractivity contribution in [2.75, 3.05) is 32.1 Å². The van der Waals surface area contributed by atoms with Crippen molar-refractivity contribution in [3.05, 3.63) is 24.0 Å². The second kappa shape index (κ2) is 4.84. The maximum atomic E-state index is 5.81. The highest BCUT2D eigenvalue weighted by Crippen LogP contribution is 2.25. The fourth-order valence-electron chi connectivity index (χ4n) is 1.97. The summed E-state index contributed by atoms with van der Waals surface area (Å²) < 4.78 is 7.38. The van der Waals surface area contributed by atoms with E-state index in [1.165, 1.54) is 0 Å². The first kappa shape index (κ1) is 12.0. The van der Waals surface area contributed by atoms with Crippen LogP contribution in [0.15, 0.2) is 18.2 Å². The Morgan fingerprint density at radius 3 is 2.76 bits per heavy atom. The molecule has 1 heterocycles. The molecule has 0 radical (unpaired) electrons. The molecule has 1 aromatic carbocycles. The zero-order valence-corrected chi connectivity index (χ0v) is 11.0. The van der Waals surface area contributed by atoms with E-state index in [-0.39, 0.29) is 0 Å². The Bertz CT molecular complexity index is 522. The molecule has 1 aromatic heterocycles. The molecule has 92 valence electrons. The number of benzene rings is 1. The van der Waals surface area contributed by atoms with E-state index in [1.54, 1.807) is 7.11 Å². The van der Waals surface area contributed by atoms with Crippen molar-refractivity contribution < 1.29 is 4.74 Å². The Morgan fingerprint density at radius 2 is 2.18 bits per heavy atom. The first-order valence-electron chi connectivity index (χ1n) is 5.47. The molecule has 2 aromatic rings. The Morgan fingerprint density at radius 1 is 1.41 bits per heavy atom. The van der Waals surface area contributed by atoms with Crippen LogP contribution in [0.4, 0.5) is 0 Å². The topological polar surface area (TPSA) is 30.3 Å². The lowest BCUT2D eigenvalue weighted by molar-refractivity contribution is 0.419. The molecule has 0 saturated heterocycles. The van der Waals surface area contributed by atoms with Crippen LogP contribution in [-0.2, 0) is 6.42 Å². The van der Waals surface area contributed by atoms with Crippen molar-refractivity contribution in [1.82, 2.24) is 9.66 Å². The van der Waals surface area contributed by atoms with Crippen LogP contribution in [-0.4, -0.2) is 36.7 Å². The molecule has 17 heavy (non-hydrogen) atoms. The third-order valence-electron chi connectivity index (χ3n) is 2.63. The van der Waals surface area contributed by atoms with E-state index in [0.717, 1.165) is 29.0 Å². The van der Waals surface area contributed by atoms with Gasteiger partial charge in [0.25, 0.3) is 0 Å². The van der Waals surface area contributed by atoms with Crippen LogP contribution in [0.25, 0.3) is 11.0 Å². The molecule has 0 spiro atoms. The predicted molar refractivity (Wildman–Crippen MR) is 70.8 cm³/mol. The summed E-state index contributed by atoms with van der Waals surface area (Å²) in [4.78, 5) is 4.61. The third-order valence-corrected chi connectivity index (χ3v) is 2.82. The minimum absolute atomic E-state index is 0.555. The summed E-state index contributed by atoms with van der Waals surface area (Å²) in [5, 5.41) is 2.00. The second-order valence-electron chi connectivity index (χ2n) is 3.95. The quantitative estimate of drug-likeness (QED) is 0.781. The van der Waals surface area contributed by atoms with Gasteiger partial charge in [-0.05, 0) is 12.1 Å². The number of nitrogens with zero attached hydrogens (tertiary/aromatic N) is 3. The van der Waals surface area contributed by atoms with E-state index in [1.807, 2.05) is 37.3 Å². The molecule has 0 atom stereocenters. The van der Waals surface area contributed by atoms with Gasteiger partial charge in [-0.2, -0.15) is 0 Å². The average molecular weight is 254 g/mol. The van der Waals surface area contributed by atoms with Gasteiger partial charge < -0.3 is 9.75 Å². The number of alkyl halides is 1. The minimum atomic E-state index is 0.555. The highest BCUT2D eigenvalue weighted by Gasteiger charge is 2.14. The molecule has 2 rings (SSSR count). The van der Waals surface area contributed by atoms with Crippen molar-refractivity contribution in [3.63, 3.8) is 0 Å². The van der Waals surface area contributed by atoms with E-state index in [9.17, 15) is 0 Å². The molecular formula is C12H16ClN3O. The Balaban J connectivity index is 2.69. The van der Waals surface area contributed by atoms with E-state index in [4.69, 9.17) is 16.3 Å². The van der Waals surface area contributed by atoms with Gasteiger partial charge in [0, 0.05) is 26.4 Å². The fraction of sp³-hybridized carbons (Fsp3) is 0.417. The largest absolute Gasteiger partial charge is 0.494 e. The van der Waals surface area contributed by atoms with E-state index >= 15 is 0 Å². The molecule has 0 amide bonds. The number of hydrogen-bond donors (Lipinski definition) is 0. The summed E-state index contributed by atoms with van der Waals surface area (Å²) in [7, 11) is 5.63. The van der Waals surface area contributed by atoms with Gasteiger partial charge in [0.1, 0.15) is 17.1 Å². The highest BCUT2D eigenvalue weighted by molar-refractivity contribution is 6.17. The van der Waals surface area contributed by atoms with Crippen LogP contribution >= 0.6 is 11.6 Å². The number of fused-ring (bicyclic) bond motifs is 1. The zero-order chi connectivity index (χ0) is 12.4. The molecule has 0 unspecified atom stereocenters. The predicted octanol–water partition coefficient (Wildman–Crippen LogP) is 2.02. The summed E-state index contributed by atoms with van der Waals surface area (Å²) in [6, 6.07) is 5.91.